The standard InChI is InChI=1S/C20H23NO4.C20H23NO3.C2H6/c1-23-17-9-11-18(12-10-17)25-15-20(22)21(14-19-8-5-13-24-19)16-6-3-2-4-7-16;1-16-9-11-18(12-10-16)24-15-20(22)21(14-19-8-5-13-23-19)17-6-3-2-4-7-17;1-2/h2-4,6-7,9-12,19H,5,8,13-15H2,1H3;2-4,6-7,9-12,19H,5,8,13-15H2,1H3;1-2H3. The largest absolute Gasteiger partial charge is 0.497 e. The molecule has 0 bridgehead atoms. The van der Waals surface area contributed by atoms with Gasteiger partial charge in [0.1, 0.15) is 17.2 Å². The molecule has 51 heavy (non-hydrogen) atoms. The molecule has 0 spiro atoms. The van der Waals surface area contributed by atoms with Crippen LogP contribution in [-0.2, 0) is 19.1 Å². The number of methoxy groups -OCH3 is 1. The number of rotatable bonds is 13. The smallest absolute Gasteiger partial charge is 0.264 e. The highest BCUT2D eigenvalue weighted by Crippen LogP contribution is 2.22. The molecular formula is C42H52N2O7. The molecule has 4 aromatic carbocycles. The van der Waals surface area contributed by atoms with Crippen LogP contribution in [0.15, 0.2) is 109 Å². The first-order valence-corrected chi connectivity index (χ1v) is 17.9. The Morgan fingerprint density at radius 2 is 1.00 bits per heavy atom. The Hall–Kier alpha value is -4.86. The molecule has 0 saturated carbocycles. The zero-order valence-corrected chi connectivity index (χ0v) is 30.4. The summed E-state index contributed by atoms with van der Waals surface area (Å²) in [6, 6.07) is 34.3. The number of para-hydroxylation sites is 2. The number of anilines is 2. The lowest BCUT2D eigenvalue weighted by Gasteiger charge is -2.25. The van der Waals surface area contributed by atoms with E-state index >= 15 is 0 Å². The summed E-state index contributed by atoms with van der Waals surface area (Å²) >= 11 is 0. The maximum atomic E-state index is 12.7. The van der Waals surface area contributed by atoms with E-state index in [2.05, 4.69) is 0 Å². The summed E-state index contributed by atoms with van der Waals surface area (Å²) in [7, 11) is 1.61. The number of hydrogen-bond donors (Lipinski definition) is 0. The van der Waals surface area contributed by atoms with Crippen molar-refractivity contribution in [1.82, 2.24) is 0 Å². The minimum Gasteiger partial charge on any atom is -0.497 e. The highest BCUT2D eigenvalue weighted by atomic mass is 16.5. The highest BCUT2D eigenvalue weighted by Gasteiger charge is 2.25. The summed E-state index contributed by atoms with van der Waals surface area (Å²) in [6.45, 7) is 8.69. The Balaban J connectivity index is 0.000000218. The predicted molar refractivity (Wildman–Crippen MR) is 202 cm³/mol. The van der Waals surface area contributed by atoms with Crippen molar-refractivity contribution in [2.24, 2.45) is 0 Å². The first kappa shape index (κ1) is 38.9. The van der Waals surface area contributed by atoms with E-state index in [0.717, 1.165) is 61.6 Å². The molecule has 2 amide bonds. The van der Waals surface area contributed by atoms with Gasteiger partial charge in [-0.15, -0.1) is 0 Å². The van der Waals surface area contributed by atoms with Gasteiger partial charge >= 0.3 is 0 Å². The first-order valence-electron chi connectivity index (χ1n) is 17.9. The maximum absolute atomic E-state index is 12.7. The van der Waals surface area contributed by atoms with Gasteiger partial charge in [-0.1, -0.05) is 67.9 Å². The van der Waals surface area contributed by atoms with Gasteiger partial charge in [0, 0.05) is 24.6 Å². The van der Waals surface area contributed by atoms with Crippen molar-refractivity contribution < 1.29 is 33.3 Å². The number of carbonyl (C=O) groups is 2. The van der Waals surface area contributed by atoms with Crippen molar-refractivity contribution in [2.45, 2.75) is 58.7 Å². The van der Waals surface area contributed by atoms with E-state index in [1.54, 1.807) is 41.2 Å². The van der Waals surface area contributed by atoms with Gasteiger partial charge < -0.3 is 33.5 Å². The van der Waals surface area contributed by atoms with Gasteiger partial charge in [0.15, 0.2) is 13.2 Å². The van der Waals surface area contributed by atoms with Crippen LogP contribution in [0.1, 0.15) is 45.1 Å². The molecule has 272 valence electrons. The lowest BCUT2D eigenvalue weighted by Crippen LogP contribution is -2.40. The topological polar surface area (TPSA) is 86.8 Å². The van der Waals surface area contributed by atoms with Crippen LogP contribution in [0.3, 0.4) is 0 Å². The molecule has 0 N–H and O–H groups in total. The van der Waals surface area contributed by atoms with Gasteiger partial charge in [-0.05, 0) is 93.3 Å². The second-order valence-electron chi connectivity index (χ2n) is 12.0. The van der Waals surface area contributed by atoms with Gasteiger partial charge in [-0.25, -0.2) is 0 Å². The van der Waals surface area contributed by atoms with Crippen molar-refractivity contribution in [3.8, 4) is 17.2 Å². The van der Waals surface area contributed by atoms with E-state index < -0.39 is 0 Å². The van der Waals surface area contributed by atoms with Crippen molar-refractivity contribution in [3.05, 3.63) is 115 Å². The molecule has 2 aliphatic heterocycles. The Morgan fingerprint density at radius 3 is 1.37 bits per heavy atom. The lowest BCUT2D eigenvalue weighted by molar-refractivity contribution is -0.121. The third kappa shape index (κ3) is 12.8. The Morgan fingerprint density at radius 1 is 0.608 bits per heavy atom. The Bertz CT molecular complexity index is 1550. The summed E-state index contributed by atoms with van der Waals surface area (Å²) in [4.78, 5) is 29.0. The van der Waals surface area contributed by atoms with Crippen LogP contribution in [-0.4, -0.2) is 70.6 Å². The van der Waals surface area contributed by atoms with Crippen LogP contribution in [0, 0.1) is 6.92 Å². The van der Waals surface area contributed by atoms with Gasteiger partial charge in [0.2, 0.25) is 0 Å². The van der Waals surface area contributed by atoms with Crippen LogP contribution < -0.4 is 24.0 Å². The second-order valence-corrected chi connectivity index (χ2v) is 12.0. The molecule has 4 aromatic rings. The molecule has 2 fully saturated rings. The number of hydrogen-bond acceptors (Lipinski definition) is 7. The van der Waals surface area contributed by atoms with Crippen molar-refractivity contribution in [3.63, 3.8) is 0 Å². The number of amides is 2. The van der Waals surface area contributed by atoms with Crippen molar-refractivity contribution >= 4 is 23.2 Å². The van der Waals surface area contributed by atoms with Gasteiger partial charge in [0.05, 0.1) is 32.4 Å². The van der Waals surface area contributed by atoms with Crippen LogP contribution in [0.5, 0.6) is 17.2 Å². The van der Waals surface area contributed by atoms with E-state index in [9.17, 15) is 9.59 Å². The number of carbonyl (C=O) groups excluding carboxylic acids is 2. The Kier molecular flexibility index (Phi) is 16.3. The number of nitrogens with zero attached hydrogens (tertiary/aromatic N) is 2. The number of ether oxygens (including phenoxy) is 5. The van der Waals surface area contributed by atoms with Gasteiger partial charge in [-0.2, -0.15) is 0 Å². The predicted octanol–water partition coefficient (Wildman–Crippen LogP) is 7.90. The average Bonchev–Trinajstić information content (AvgIpc) is 3.92. The first-order chi connectivity index (χ1) is 25.0. The molecule has 0 radical (unpaired) electrons. The molecular weight excluding hydrogens is 644 g/mol. The minimum atomic E-state index is -0.0856. The van der Waals surface area contributed by atoms with Crippen molar-refractivity contribution in [1.29, 1.82) is 0 Å². The molecule has 9 heteroatoms. The SMILES string of the molecule is CC.COc1ccc(OCC(=O)N(CC2CCCO2)c2ccccc2)cc1.Cc1ccc(OCC(=O)N(CC2CCCO2)c2ccccc2)cc1. The van der Waals surface area contributed by atoms with Crippen LogP contribution in [0.4, 0.5) is 11.4 Å². The van der Waals surface area contributed by atoms with E-state index in [0.29, 0.717) is 24.6 Å². The van der Waals surface area contributed by atoms with Crippen molar-refractivity contribution in [2.75, 3.05) is 56.4 Å². The molecule has 0 aromatic heterocycles. The lowest BCUT2D eigenvalue weighted by atomic mass is 10.2. The van der Waals surface area contributed by atoms with E-state index in [4.69, 9.17) is 23.7 Å². The normalized spacial score (nSPS) is 16.1. The molecule has 0 aliphatic carbocycles. The maximum Gasteiger partial charge on any atom is 0.264 e. The summed E-state index contributed by atoms with van der Waals surface area (Å²) in [5.41, 5.74) is 2.91. The zero-order valence-electron chi connectivity index (χ0n) is 30.4. The number of aryl methyl sites for hydroxylation is 1. The van der Waals surface area contributed by atoms with Crippen LogP contribution in [0.2, 0.25) is 0 Å². The zero-order chi connectivity index (χ0) is 36.3. The third-order valence-electron chi connectivity index (χ3n) is 8.36. The number of benzene rings is 4. The summed E-state index contributed by atoms with van der Waals surface area (Å²) in [5.74, 6) is 1.95. The fourth-order valence-corrected chi connectivity index (χ4v) is 5.65. The molecule has 2 unspecified atom stereocenters. The Labute approximate surface area is 303 Å². The third-order valence-corrected chi connectivity index (χ3v) is 8.36. The van der Waals surface area contributed by atoms with Gasteiger partial charge in [-0.3, -0.25) is 9.59 Å². The average molecular weight is 697 g/mol. The summed E-state index contributed by atoms with van der Waals surface area (Å²) in [6.07, 6.45) is 4.27. The molecule has 2 aliphatic rings. The molecule has 2 heterocycles. The van der Waals surface area contributed by atoms with Crippen LogP contribution >= 0.6 is 0 Å². The fraction of sp³-hybridized carbons (Fsp3) is 0.381. The van der Waals surface area contributed by atoms with Gasteiger partial charge in [0.25, 0.3) is 11.8 Å². The summed E-state index contributed by atoms with van der Waals surface area (Å²) < 4.78 is 27.8. The monoisotopic (exact) mass is 696 g/mol. The molecule has 6 rings (SSSR count). The van der Waals surface area contributed by atoms with E-state index in [-0.39, 0.29) is 37.2 Å². The fourth-order valence-electron chi connectivity index (χ4n) is 5.65. The van der Waals surface area contributed by atoms with E-state index in [1.165, 1.54) is 0 Å². The molecule has 9 nitrogen and oxygen atoms in total. The highest BCUT2D eigenvalue weighted by molar-refractivity contribution is 5.95. The quantitative estimate of drug-likeness (QED) is 0.141. The minimum absolute atomic E-state index is 0.0185. The van der Waals surface area contributed by atoms with E-state index in [1.807, 2.05) is 106 Å². The van der Waals surface area contributed by atoms with Crippen LogP contribution in [0.25, 0.3) is 0 Å². The molecule has 2 saturated heterocycles. The second kappa shape index (κ2) is 21.4. The summed E-state index contributed by atoms with van der Waals surface area (Å²) in [5, 5.41) is 0. The molecule has 2 atom stereocenters.